The molecule has 0 rings (SSSR count). The topological polar surface area (TPSA) is 29.3 Å². The van der Waals surface area contributed by atoms with Gasteiger partial charge in [0.1, 0.15) is 0 Å². The highest BCUT2D eigenvalue weighted by Gasteiger charge is 1.97. The van der Waals surface area contributed by atoms with Crippen LogP contribution in [0.4, 0.5) is 0 Å². The Morgan fingerprint density at radius 3 is 2.20 bits per heavy atom. The minimum atomic E-state index is 0.716. The first-order valence-electron chi connectivity index (χ1n) is 4.27. The second-order valence-corrected chi connectivity index (χ2v) is 2.65. The average Bonchev–Trinajstić information content (AvgIpc) is 1.98. The molecule has 2 nitrogen and oxygen atoms in total. The zero-order chi connectivity index (χ0) is 7.82. The first kappa shape index (κ1) is 9.92. The summed E-state index contributed by atoms with van der Waals surface area (Å²) >= 11 is 0. The summed E-state index contributed by atoms with van der Waals surface area (Å²) in [5.41, 5.74) is 5.53. The summed E-state index contributed by atoms with van der Waals surface area (Å²) in [7, 11) is 0. The lowest BCUT2D eigenvalue weighted by Gasteiger charge is -2.18. The second kappa shape index (κ2) is 7.03. The molecule has 0 unspecified atom stereocenters. The van der Waals surface area contributed by atoms with Crippen LogP contribution in [-0.4, -0.2) is 24.7 Å². The minimum Gasteiger partial charge on any atom is -0.318 e. The zero-order valence-electron chi connectivity index (χ0n) is 7.27. The lowest BCUT2D eigenvalue weighted by molar-refractivity contribution is 0.277. The molecule has 0 saturated carbocycles. The maximum absolute atomic E-state index is 5.53. The first-order valence-corrected chi connectivity index (χ1v) is 4.27. The Bertz CT molecular complexity index is 64.3. The van der Waals surface area contributed by atoms with Gasteiger partial charge in [-0.25, -0.2) is 0 Å². The fraction of sp³-hybridized carbons (Fsp3) is 1.00. The van der Waals surface area contributed by atoms with Gasteiger partial charge in [-0.1, -0.05) is 20.3 Å². The molecular weight excluding hydrogens is 124 g/mol. The largest absolute Gasteiger partial charge is 0.318 e. The van der Waals surface area contributed by atoms with E-state index in [1.165, 1.54) is 25.8 Å². The van der Waals surface area contributed by atoms with Crippen LogP contribution in [0.3, 0.4) is 0 Å². The second-order valence-electron chi connectivity index (χ2n) is 2.65. The summed E-state index contributed by atoms with van der Waals surface area (Å²) in [6.07, 6.45) is 3.75. The molecule has 62 valence electrons. The summed E-state index contributed by atoms with van der Waals surface area (Å²) in [6, 6.07) is 0. The van der Waals surface area contributed by atoms with Gasteiger partial charge in [0.25, 0.3) is 0 Å². The molecule has 0 fully saturated rings. The summed E-state index contributed by atoms with van der Waals surface area (Å²) in [4.78, 5) is 2.30. The summed E-state index contributed by atoms with van der Waals surface area (Å²) in [5, 5.41) is 0. The molecule has 0 bridgehead atoms. The quantitative estimate of drug-likeness (QED) is 0.571. The molecule has 2 N–H and O–H groups in total. The molecule has 0 aliphatic rings. The molecule has 0 radical (unpaired) electrons. The highest BCUT2D eigenvalue weighted by molar-refractivity contribution is 4.51. The fourth-order valence-corrected chi connectivity index (χ4v) is 0.992. The predicted octanol–water partition coefficient (Wildman–Crippen LogP) is 1.41. The molecular formula is C8H20N2. The van der Waals surface area contributed by atoms with Gasteiger partial charge in [0.05, 0.1) is 0 Å². The maximum atomic E-state index is 5.53. The van der Waals surface area contributed by atoms with Crippen LogP contribution in [0.15, 0.2) is 0 Å². The van der Waals surface area contributed by atoms with Crippen molar-refractivity contribution in [3.8, 4) is 0 Å². The lowest BCUT2D eigenvalue weighted by atomic mass is 10.3. The number of hydrogen-bond donors (Lipinski definition) is 1. The molecule has 0 spiro atoms. The molecule has 0 heterocycles. The average molecular weight is 144 g/mol. The molecule has 0 amide bonds. The van der Waals surface area contributed by atoms with E-state index in [4.69, 9.17) is 5.73 Å². The highest BCUT2D eigenvalue weighted by atomic mass is 15.2. The van der Waals surface area contributed by atoms with E-state index >= 15 is 0 Å². The highest BCUT2D eigenvalue weighted by Crippen LogP contribution is 1.93. The van der Waals surface area contributed by atoms with Crippen LogP contribution in [0.1, 0.15) is 33.1 Å². The van der Waals surface area contributed by atoms with Crippen LogP contribution in [0, 0.1) is 0 Å². The predicted molar refractivity (Wildman–Crippen MR) is 45.8 cm³/mol. The Labute approximate surface area is 64.4 Å². The molecule has 10 heavy (non-hydrogen) atoms. The number of nitrogens with zero attached hydrogens (tertiary/aromatic N) is 1. The molecule has 2 heteroatoms. The summed E-state index contributed by atoms with van der Waals surface area (Å²) in [6.45, 7) is 7.43. The monoisotopic (exact) mass is 144 g/mol. The van der Waals surface area contributed by atoms with Gasteiger partial charge in [0, 0.05) is 6.67 Å². The van der Waals surface area contributed by atoms with Crippen molar-refractivity contribution in [2.45, 2.75) is 33.1 Å². The SMILES string of the molecule is CCCCN(CN)CCC. The standard InChI is InChI=1S/C8H20N2/c1-3-5-7-10(8-9)6-4-2/h3-9H2,1-2H3. The Hall–Kier alpha value is -0.0800. The maximum Gasteiger partial charge on any atom is 0.0455 e. The molecule has 0 aromatic heterocycles. The summed E-state index contributed by atoms with van der Waals surface area (Å²) in [5.74, 6) is 0. The van der Waals surface area contributed by atoms with Crippen molar-refractivity contribution in [1.29, 1.82) is 0 Å². The van der Waals surface area contributed by atoms with Gasteiger partial charge in [-0.05, 0) is 25.9 Å². The third-order valence-electron chi connectivity index (χ3n) is 1.63. The van der Waals surface area contributed by atoms with Crippen molar-refractivity contribution in [2.75, 3.05) is 19.8 Å². The number of rotatable bonds is 6. The normalized spacial score (nSPS) is 10.8. The van der Waals surface area contributed by atoms with Gasteiger partial charge in [-0.15, -0.1) is 0 Å². The van der Waals surface area contributed by atoms with Gasteiger partial charge >= 0.3 is 0 Å². The van der Waals surface area contributed by atoms with Crippen LogP contribution >= 0.6 is 0 Å². The third-order valence-corrected chi connectivity index (χ3v) is 1.63. The molecule has 0 aliphatic heterocycles. The Kier molecular flexibility index (Phi) is 6.98. The minimum absolute atomic E-state index is 0.716. The van der Waals surface area contributed by atoms with Gasteiger partial charge in [-0.3, -0.25) is 4.90 Å². The van der Waals surface area contributed by atoms with E-state index in [0.29, 0.717) is 6.67 Å². The van der Waals surface area contributed by atoms with Gasteiger partial charge in [-0.2, -0.15) is 0 Å². The third kappa shape index (κ3) is 4.77. The van der Waals surface area contributed by atoms with Gasteiger partial charge in [0.15, 0.2) is 0 Å². The van der Waals surface area contributed by atoms with E-state index in [2.05, 4.69) is 18.7 Å². The van der Waals surface area contributed by atoms with Crippen molar-refractivity contribution in [1.82, 2.24) is 4.90 Å². The molecule has 0 atom stereocenters. The van der Waals surface area contributed by atoms with Crippen molar-refractivity contribution < 1.29 is 0 Å². The van der Waals surface area contributed by atoms with Crippen molar-refractivity contribution in [2.24, 2.45) is 5.73 Å². The number of hydrogen-bond acceptors (Lipinski definition) is 2. The Morgan fingerprint density at radius 1 is 1.10 bits per heavy atom. The van der Waals surface area contributed by atoms with E-state index in [9.17, 15) is 0 Å². The van der Waals surface area contributed by atoms with Gasteiger partial charge < -0.3 is 5.73 Å². The smallest absolute Gasteiger partial charge is 0.0455 e. The van der Waals surface area contributed by atoms with Crippen molar-refractivity contribution >= 4 is 0 Å². The van der Waals surface area contributed by atoms with E-state index in [1.54, 1.807) is 0 Å². The van der Waals surface area contributed by atoms with Crippen molar-refractivity contribution in [3.05, 3.63) is 0 Å². The molecule has 0 aromatic carbocycles. The van der Waals surface area contributed by atoms with Crippen LogP contribution in [-0.2, 0) is 0 Å². The summed E-state index contributed by atoms with van der Waals surface area (Å²) < 4.78 is 0. The zero-order valence-corrected chi connectivity index (χ0v) is 7.27. The van der Waals surface area contributed by atoms with Crippen LogP contribution < -0.4 is 5.73 Å². The van der Waals surface area contributed by atoms with Crippen LogP contribution in [0.2, 0.25) is 0 Å². The molecule has 0 aliphatic carbocycles. The fourth-order valence-electron chi connectivity index (χ4n) is 0.992. The molecule has 0 aromatic rings. The number of unbranched alkanes of at least 4 members (excludes halogenated alkanes) is 1. The van der Waals surface area contributed by atoms with Crippen molar-refractivity contribution in [3.63, 3.8) is 0 Å². The van der Waals surface area contributed by atoms with E-state index in [1.807, 2.05) is 0 Å². The van der Waals surface area contributed by atoms with Gasteiger partial charge in [0.2, 0.25) is 0 Å². The Balaban J connectivity index is 3.21. The number of nitrogens with two attached hydrogens (primary N) is 1. The first-order chi connectivity index (χ1) is 4.85. The van der Waals surface area contributed by atoms with Crippen LogP contribution in [0.5, 0.6) is 0 Å². The Morgan fingerprint density at radius 2 is 1.80 bits per heavy atom. The lowest BCUT2D eigenvalue weighted by Crippen LogP contribution is -2.31. The molecule has 0 saturated heterocycles. The van der Waals surface area contributed by atoms with Crippen LogP contribution in [0.25, 0.3) is 0 Å². The van der Waals surface area contributed by atoms with E-state index < -0.39 is 0 Å². The van der Waals surface area contributed by atoms with E-state index in [0.717, 1.165) is 6.54 Å². The van der Waals surface area contributed by atoms with E-state index in [-0.39, 0.29) is 0 Å².